The van der Waals surface area contributed by atoms with E-state index in [1.807, 2.05) is 91.8 Å². The van der Waals surface area contributed by atoms with E-state index in [4.69, 9.17) is 37.4 Å². The molecule has 0 bridgehead atoms. The maximum Gasteiger partial charge on any atom is 0.409 e. The Bertz CT molecular complexity index is 3280. The molecule has 2 heterocycles. The fourth-order valence-corrected chi connectivity index (χ4v) is 14.4. The Kier molecular flexibility index (Phi) is 30.3. The first-order chi connectivity index (χ1) is 43.6. The highest BCUT2D eigenvalue weighted by Crippen LogP contribution is 2.37. The van der Waals surface area contributed by atoms with Gasteiger partial charge in [0.25, 0.3) is 0 Å². The van der Waals surface area contributed by atoms with Gasteiger partial charge in [-0.2, -0.15) is 39.2 Å². The number of hydrazone groups is 2. The van der Waals surface area contributed by atoms with Crippen molar-refractivity contribution in [1.29, 1.82) is 0 Å². The first kappa shape index (κ1) is 78.4. The van der Waals surface area contributed by atoms with Gasteiger partial charge in [-0.25, -0.2) is 26.4 Å². The lowest BCUT2D eigenvalue weighted by Gasteiger charge is -2.36. The number of carbonyl (C=O) groups excluding carboxylic acids is 4. The molecule has 2 saturated heterocycles. The van der Waals surface area contributed by atoms with Gasteiger partial charge in [0.15, 0.2) is 0 Å². The van der Waals surface area contributed by atoms with Crippen LogP contribution in [0.5, 0.6) is 0 Å². The summed E-state index contributed by atoms with van der Waals surface area (Å²) in [6.07, 6.45) is 2.14. The predicted octanol–water partition coefficient (Wildman–Crippen LogP) is 8.47. The van der Waals surface area contributed by atoms with E-state index in [2.05, 4.69) is 47.3 Å². The third-order valence-electron chi connectivity index (χ3n) is 15.4. The van der Waals surface area contributed by atoms with Gasteiger partial charge in [0.05, 0.1) is 35.4 Å². The Hall–Kier alpha value is -7.09. The lowest BCUT2D eigenvalue weighted by Crippen LogP contribution is -2.56. The molecule has 0 spiro atoms. The standard InChI is InChI=1S/2C32H47N5O6S.H2O4S/c2*1-8-43-32(39)37-14-12-36(13-15-37)31(38)29(17-24-10-9-11-25(16-24)20-33-35-40)34-44(41,42)30-27(22(4)5)18-26(21(2)3)19-28(30)23(6)7;1-5(2,3)4/h2*9-11,16,18-23,29,34-35,40H,8,12-15,17H2,1-7H3;(H2,1,2,3,4)/b2*33-20+;/t2*29-;/m00./s1. The summed E-state index contributed by atoms with van der Waals surface area (Å²) in [5.74, 6) is -0.590. The number of ether oxygens (including phenoxy) is 2. The number of hydrogen-bond donors (Lipinski definition) is 8. The van der Waals surface area contributed by atoms with E-state index in [0.29, 0.717) is 22.3 Å². The average Bonchev–Trinajstić information content (AvgIpc) is 0.775. The predicted molar refractivity (Wildman–Crippen MR) is 355 cm³/mol. The van der Waals surface area contributed by atoms with Gasteiger partial charge in [-0.15, -0.1) is 0 Å². The molecule has 6 rings (SSSR count). The van der Waals surface area contributed by atoms with Crippen LogP contribution in [0.3, 0.4) is 0 Å². The zero-order valence-corrected chi connectivity index (χ0v) is 58.2. The molecule has 29 heteroatoms. The molecule has 0 radical (unpaired) electrons. The fourth-order valence-electron chi connectivity index (χ4n) is 10.6. The lowest BCUT2D eigenvalue weighted by atomic mass is 9.89. The summed E-state index contributed by atoms with van der Waals surface area (Å²) in [6, 6.07) is 20.0. The van der Waals surface area contributed by atoms with Gasteiger partial charge in [0.2, 0.25) is 31.9 Å². The first-order valence-electron chi connectivity index (χ1n) is 31.1. The maximum absolute atomic E-state index is 14.4. The maximum atomic E-state index is 14.4. The number of nitrogens with zero attached hydrogens (tertiary/aromatic N) is 6. The summed E-state index contributed by atoms with van der Waals surface area (Å²) in [6.45, 7) is 30.3. The molecule has 0 aromatic heterocycles. The van der Waals surface area contributed by atoms with Crippen molar-refractivity contribution >= 4 is 66.9 Å². The van der Waals surface area contributed by atoms with Crippen LogP contribution in [0.4, 0.5) is 9.59 Å². The topological polar surface area (TPSA) is 356 Å². The second kappa shape index (κ2) is 36.0. The highest BCUT2D eigenvalue weighted by molar-refractivity contribution is 7.90. The van der Waals surface area contributed by atoms with Gasteiger partial charge >= 0.3 is 22.6 Å². The molecule has 0 aliphatic carbocycles. The molecule has 2 aliphatic heterocycles. The van der Waals surface area contributed by atoms with Crippen molar-refractivity contribution in [3.63, 3.8) is 0 Å². The van der Waals surface area contributed by atoms with Crippen LogP contribution in [-0.2, 0) is 62.4 Å². The Labute approximate surface area is 549 Å². The van der Waals surface area contributed by atoms with Crippen LogP contribution >= 0.6 is 0 Å². The van der Waals surface area contributed by atoms with Gasteiger partial charge < -0.3 is 29.1 Å². The molecule has 4 amide bonds. The third-order valence-corrected chi connectivity index (χ3v) is 18.7. The number of rotatable bonds is 24. The Balaban J connectivity index is 0.000000369. The van der Waals surface area contributed by atoms with Gasteiger partial charge in [-0.1, -0.05) is 156 Å². The van der Waals surface area contributed by atoms with E-state index in [-0.39, 0.29) is 136 Å². The molecule has 0 saturated carbocycles. The summed E-state index contributed by atoms with van der Waals surface area (Å²) in [4.78, 5) is 59.3. The molecule has 8 N–H and O–H groups in total. The minimum absolute atomic E-state index is 0.0704. The monoisotopic (exact) mass is 1360 g/mol. The quantitative estimate of drug-likeness (QED) is 0.0185. The number of sulfonamides is 2. The van der Waals surface area contributed by atoms with Crippen LogP contribution in [0.2, 0.25) is 0 Å². The van der Waals surface area contributed by atoms with E-state index >= 15 is 0 Å². The van der Waals surface area contributed by atoms with E-state index < -0.39 is 54.7 Å². The molecule has 2 aliphatic rings. The number of hydrogen-bond acceptors (Lipinski definition) is 18. The van der Waals surface area contributed by atoms with Crippen LogP contribution in [-0.4, -0.2) is 178 Å². The minimum Gasteiger partial charge on any atom is -0.450 e. The van der Waals surface area contributed by atoms with Crippen molar-refractivity contribution in [3.8, 4) is 0 Å². The average molecular weight is 1360 g/mol. The summed E-state index contributed by atoms with van der Waals surface area (Å²) < 4.78 is 105. The molecular formula is C64H96N10O16S3. The Morgan fingerprint density at radius 1 is 0.473 bits per heavy atom. The zero-order chi connectivity index (χ0) is 69.7. The van der Waals surface area contributed by atoms with Crippen molar-refractivity contribution in [2.75, 3.05) is 65.6 Å². The number of nitrogens with one attached hydrogen (secondary N) is 4. The van der Waals surface area contributed by atoms with Crippen molar-refractivity contribution < 1.29 is 73.4 Å². The summed E-state index contributed by atoms with van der Waals surface area (Å²) in [7, 11) is -13.0. The molecule has 93 heavy (non-hydrogen) atoms. The van der Waals surface area contributed by atoms with Gasteiger partial charge in [0, 0.05) is 52.4 Å². The van der Waals surface area contributed by atoms with Crippen LogP contribution < -0.4 is 20.6 Å². The van der Waals surface area contributed by atoms with Crippen LogP contribution in [0.15, 0.2) is 92.8 Å². The number of carbonyl (C=O) groups is 4. The molecule has 4 aromatic rings. The fraction of sp³-hybridized carbons (Fsp3) is 0.531. The highest BCUT2D eigenvalue weighted by atomic mass is 32.3. The second-order valence-corrected chi connectivity index (χ2v) is 28.6. The first-order valence-corrected chi connectivity index (χ1v) is 35.5. The molecule has 2 fully saturated rings. The van der Waals surface area contributed by atoms with E-state index in [0.717, 1.165) is 33.4 Å². The van der Waals surface area contributed by atoms with Crippen LogP contribution in [0.1, 0.15) is 188 Å². The number of piperazine rings is 2. The van der Waals surface area contributed by atoms with Crippen molar-refractivity contribution in [3.05, 3.63) is 128 Å². The Morgan fingerprint density at radius 3 is 1.00 bits per heavy atom. The molecular weight excluding hydrogens is 1260 g/mol. The van der Waals surface area contributed by atoms with Crippen molar-refractivity contribution in [2.45, 2.75) is 167 Å². The second-order valence-electron chi connectivity index (χ2n) is 24.4. The highest BCUT2D eigenvalue weighted by Gasteiger charge is 2.38. The zero-order valence-electron chi connectivity index (χ0n) is 55.8. The largest absolute Gasteiger partial charge is 0.450 e. The summed E-state index contributed by atoms with van der Waals surface area (Å²) in [5, 5.41) is 24.9. The Morgan fingerprint density at radius 2 is 0.753 bits per heavy atom. The third kappa shape index (κ3) is 23.7. The number of amides is 4. The van der Waals surface area contributed by atoms with Gasteiger partial charge in [-0.05, 0) is 118 Å². The van der Waals surface area contributed by atoms with Gasteiger partial charge in [0.1, 0.15) is 12.1 Å². The molecule has 26 nitrogen and oxygen atoms in total. The normalized spacial score (nSPS) is 14.8. The minimum atomic E-state index is -4.67. The van der Waals surface area contributed by atoms with Crippen molar-refractivity contribution in [1.82, 2.24) is 40.2 Å². The van der Waals surface area contributed by atoms with Crippen LogP contribution in [0, 0.1) is 0 Å². The van der Waals surface area contributed by atoms with E-state index in [9.17, 15) is 36.0 Å². The van der Waals surface area contributed by atoms with E-state index in [1.165, 1.54) is 12.4 Å². The summed E-state index contributed by atoms with van der Waals surface area (Å²) in [5.41, 5.74) is 11.2. The van der Waals surface area contributed by atoms with E-state index in [1.54, 1.807) is 81.0 Å². The van der Waals surface area contributed by atoms with Gasteiger partial charge in [-0.3, -0.25) is 29.1 Å². The number of benzene rings is 4. The molecule has 516 valence electrons. The SMILES string of the molecule is CCOC(=O)N1CCN(C(=O)[C@H](Cc2cccc(/C=N/NO)c2)NS(=O)(=O)c2c(C(C)C)cc(C(C)C)cc2C(C)C)CC1.CCOC(=O)N1CCN(C(=O)[C@H](Cc2cccc(/C=N/NO)c2)NS(=O)(=O)c2c(C(C)C)cc(C(C)C)cc2C(C)C)CC1.O=S(=O)(O)O. The summed E-state index contributed by atoms with van der Waals surface area (Å²) >= 11 is 0. The van der Waals surface area contributed by atoms with Crippen LogP contribution in [0.25, 0.3) is 0 Å². The molecule has 4 aromatic carbocycles. The molecule has 2 atom stereocenters. The lowest BCUT2D eigenvalue weighted by molar-refractivity contribution is -0.135. The van der Waals surface area contributed by atoms with Crippen molar-refractivity contribution in [2.24, 2.45) is 10.2 Å². The molecule has 0 unspecified atom stereocenters. The smallest absolute Gasteiger partial charge is 0.409 e.